The first-order valence-electron chi connectivity index (χ1n) is 11.6. The van der Waals surface area contributed by atoms with E-state index in [0.717, 1.165) is 53.5 Å². The molecule has 6 nitrogen and oxygen atoms in total. The van der Waals surface area contributed by atoms with E-state index < -0.39 is 0 Å². The van der Waals surface area contributed by atoms with Gasteiger partial charge in [-0.15, -0.1) is 0 Å². The van der Waals surface area contributed by atoms with Gasteiger partial charge in [-0.2, -0.15) is 0 Å². The van der Waals surface area contributed by atoms with Crippen molar-refractivity contribution in [2.24, 2.45) is 0 Å². The van der Waals surface area contributed by atoms with Crippen molar-refractivity contribution in [2.75, 3.05) is 13.2 Å². The van der Waals surface area contributed by atoms with Gasteiger partial charge in [-0.05, 0) is 49.1 Å². The first kappa shape index (κ1) is 22.6. The lowest BCUT2D eigenvalue weighted by Crippen LogP contribution is -2.31. The predicted molar refractivity (Wildman–Crippen MR) is 135 cm³/mol. The fourth-order valence-corrected chi connectivity index (χ4v) is 5.07. The topological polar surface area (TPSA) is 69.0 Å². The van der Waals surface area contributed by atoms with Crippen LogP contribution >= 0.6 is 11.8 Å². The Morgan fingerprint density at radius 3 is 2.68 bits per heavy atom. The Kier molecular flexibility index (Phi) is 6.92. The molecule has 0 radical (unpaired) electrons. The number of aromatic nitrogens is 3. The van der Waals surface area contributed by atoms with E-state index in [4.69, 9.17) is 9.72 Å². The highest BCUT2D eigenvalue weighted by Gasteiger charge is 2.17. The number of nitrogens with one attached hydrogen (secondary N) is 1. The summed E-state index contributed by atoms with van der Waals surface area (Å²) in [6.45, 7) is 4.21. The van der Waals surface area contributed by atoms with Crippen LogP contribution in [0, 0.1) is 6.92 Å². The molecule has 1 fully saturated rings. The van der Waals surface area contributed by atoms with E-state index in [1.165, 1.54) is 11.1 Å². The minimum atomic E-state index is -0.0536. The molecule has 5 rings (SSSR count). The summed E-state index contributed by atoms with van der Waals surface area (Å²) in [5, 5.41) is 3.94. The Bertz CT molecular complexity index is 1260. The molecule has 1 amide bonds. The Balaban J connectivity index is 1.26. The fraction of sp³-hybridized carbons (Fsp3) is 0.296. The second-order valence-corrected chi connectivity index (χ2v) is 9.60. The molecule has 1 aliphatic rings. The maximum Gasteiger partial charge on any atom is 0.251 e. The number of carbonyl (C=O) groups is 1. The van der Waals surface area contributed by atoms with E-state index in [-0.39, 0.29) is 12.0 Å². The lowest BCUT2D eigenvalue weighted by atomic mass is 10.1. The zero-order valence-electron chi connectivity index (χ0n) is 19.2. The third-order valence-corrected chi connectivity index (χ3v) is 7.12. The van der Waals surface area contributed by atoms with Gasteiger partial charge in [-0.1, -0.05) is 53.7 Å². The molecule has 2 aromatic carbocycles. The molecule has 0 bridgehead atoms. The molecule has 0 saturated carbocycles. The molecular formula is C27H28N4O2S. The van der Waals surface area contributed by atoms with Crippen molar-refractivity contribution >= 4 is 28.7 Å². The highest BCUT2D eigenvalue weighted by Crippen LogP contribution is 2.27. The van der Waals surface area contributed by atoms with Crippen molar-refractivity contribution < 1.29 is 9.53 Å². The van der Waals surface area contributed by atoms with Crippen LogP contribution in [0.3, 0.4) is 0 Å². The first-order chi connectivity index (χ1) is 16.7. The standard InChI is InChI=1S/C27H28N4O2S/c1-19-4-6-20(7-5-19)17-31-25-16-28-13-12-24(25)30-27(31)34-18-21-8-10-22(11-9-21)26(32)29-15-23-3-2-14-33-23/h4-13,16,23H,2-3,14-15,17-18H2,1H3,(H,29,32)/t23-/m1/s1. The summed E-state index contributed by atoms with van der Waals surface area (Å²) in [7, 11) is 0. The van der Waals surface area contributed by atoms with Gasteiger partial charge in [0.2, 0.25) is 0 Å². The van der Waals surface area contributed by atoms with Gasteiger partial charge < -0.3 is 14.6 Å². The number of aryl methyl sites for hydroxylation is 1. The lowest BCUT2D eigenvalue weighted by molar-refractivity contribution is 0.0858. The van der Waals surface area contributed by atoms with Gasteiger partial charge in [-0.25, -0.2) is 4.98 Å². The fourth-order valence-electron chi connectivity index (χ4n) is 4.10. The van der Waals surface area contributed by atoms with Crippen LogP contribution in [-0.4, -0.2) is 39.7 Å². The predicted octanol–water partition coefficient (Wildman–Crippen LogP) is 4.99. The Morgan fingerprint density at radius 2 is 1.91 bits per heavy atom. The summed E-state index contributed by atoms with van der Waals surface area (Å²) in [6.07, 6.45) is 5.89. The van der Waals surface area contributed by atoms with Crippen LogP contribution in [0.5, 0.6) is 0 Å². The van der Waals surface area contributed by atoms with Gasteiger partial charge >= 0.3 is 0 Å². The van der Waals surface area contributed by atoms with E-state index in [0.29, 0.717) is 12.1 Å². The number of hydrogen-bond donors (Lipinski definition) is 1. The summed E-state index contributed by atoms with van der Waals surface area (Å²) in [6, 6.07) is 18.4. The van der Waals surface area contributed by atoms with Crippen molar-refractivity contribution in [1.29, 1.82) is 0 Å². The maximum absolute atomic E-state index is 12.4. The molecule has 0 spiro atoms. The van der Waals surface area contributed by atoms with Crippen molar-refractivity contribution in [1.82, 2.24) is 19.9 Å². The van der Waals surface area contributed by atoms with Crippen LogP contribution in [-0.2, 0) is 17.0 Å². The van der Waals surface area contributed by atoms with Crippen LogP contribution < -0.4 is 5.32 Å². The van der Waals surface area contributed by atoms with Crippen LogP contribution in [0.25, 0.3) is 11.0 Å². The smallest absolute Gasteiger partial charge is 0.251 e. The van der Waals surface area contributed by atoms with Crippen molar-refractivity contribution in [2.45, 2.75) is 43.3 Å². The summed E-state index contributed by atoms with van der Waals surface area (Å²) in [5.41, 5.74) is 6.28. The molecule has 1 aliphatic heterocycles. The summed E-state index contributed by atoms with van der Waals surface area (Å²) < 4.78 is 7.80. The van der Waals surface area contributed by atoms with Crippen LogP contribution in [0.1, 0.15) is 39.9 Å². The molecule has 4 aromatic rings. The molecule has 0 aliphatic carbocycles. The number of fused-ring (bicyclic) bond motifs is 1. The van der Waals surface area contributed by atoms with E-state index >= 15 is 0 Å². The third kappa shape index (κ3) is 5.32. The normalized spacial score (nSPS) is 15.6. The molecule has 1 atom stereocenters. The summed E-state index contributed by atoms with van der Waals surface area (Å²) in [4.78, 5) is 21.6. The van der Waals surface area contributed by atoms with Crippen molar-refractivity contribution in [3.05, 3.63) is 89.2 Å². The van der Waals surface area contributed by atoms with Crippen molar-refractivity contribution in [3.8, 4) is 0 Å². The number of ether oxygens (including phenoxy) is 1. The second kappa shape index (κ2) is 10.4. The maximum atomic E-state index is 12.4. The highest BCUT2D eigenvalue weighted by molar-refractivity contribution is 7.98. The van der Waals surface area contributed by atoms with Crippen molar-refractivity contribution in [3.63, 3.8) is 0 Å². The Hall–Kier alpha value is -3.16. The number of thioether (sulfide) groups is 1. The number of amides is 1. The SMILES string of the molecule is Cc1ccc(Cn2c(SCc3ccc(C(=O)NC[C@H]4CCCO4)cc3)nc3ccncc32)cc1. The lowest BCUT2D eigenvalue weighted by Gasteiger charge is -2.11. The average molecular weight is 473 g/mol. The van der Waals surface area contributed by atoms with Crippen LogP contribution in [0.2, 0.25) is 0 Å². The molecule has 7 heteroatoms. The minimum absolute atomic E-state index is 0.0536. The second-order valence-electron chi connectivity index (χ2n) is 8.66. The summed E-state index contributed by atoms with van der Waals surface area (Å²) >= 11 is 1.70. The largest absolute Gasteiger partial charge is 0.376 e. The van der Waals surface area contributed by atoms with Crippen LogP contribution in [0.15, 0.2) is 72.1 Å². The zero-order chi connectivity index (χ0) is 23.3. The Morgan fingerprint density at radius 1 is 1.12 bits per heavy atom. The van der Waals surface area contributed by atoms with Gasteiger partial charge in [0, 0.05) is 30.7 Å². The van der Waals surface area contributed by atoms with E-state index in [9.17, 15) is 4.79 Å². The Labute approximate surface area is 203 Å². The molecular weight excluding hydrogens is 444 g/mol. The number of hydrogen-bond acceptors (Lipinski definition) is 5. The molecule has 0 unspecified atom stereocenters. The van der Waals surface area contributed by atoms with Gasteiger partial charge in [0.1, 0.15) is 0 Å². The third-order valence-electron chi connectivity index (χ3n) is 6.08. The number of imidazole rings is 1. The zero-order valence-corrected chi connectivity index (χ0v) is 20.1. The number of pyridine rings is 1. The monoisotopic (exact) mass is 472 g/mol. The molecule has 1 N–H and O–H groups in total. The molecule has 3 heterocycles. The van der Waals surface area contributed by atoms with E-state index in [1.54, 1.807) is 18.0 Å². The minimum Gasteiger partial charge on any atom is -0.376 e. The number of carbonyl (C=O) groups excluding carboxylic acids is 1. The van der Waals surface area contributed by atoms with Gasteiger partial charge in [0.15, 0.2) is 5.16 Å². The van der Waals surface area contributed by atoms with Crippen LogP contribution in [0.4, 0.5) is 0 Å². The number of benzene rings is 2. The van der Waals surface area contributed by atoms with E-state index in [2.05, 4.69) is 46.1 Å². The first-order valence-corrected chi connectivity index (χ1v) is 12.6. The van der Waals surface area contributed by atoms with Gasteiger partial charge in [0.25, 0.3) is 5.91 Å². The average Bonchev–Trinajstić information content (AvgIpc) is 3.51. The van der Waals surface area contributed by atoms with Gasteiger partial charge in [0.05, 0.1) is 29.9 Å². The molecule has 1 saturated heterocycles. The van der Waals surface area contributed by atoms with E-state index in [1.807, 2.05) is 36.5 Å². The number of rotatable bonds is 8. The van der Waals surface area contributed by atoms with Gasteiger partial charge in [-0.3, -0.25) is 9.78 Å². The molecule has 34 heavy (non-hydrogen) atoms. The summed E-state index contributed by atoms with van der Waals surface area (Å²) in [5.74, 6) is 0.713. The molecule has 174 valence electrons. The highest BCUT2D eigenvalue weighted by atomic mass is 32.2. The number of nitrogens with zero attached hydrogens (tertiary/aromatic N) is 3. The quantitative estimate of drug-likeness (QED) is 0.366. The molecule has 2 aromatic heterocycles.